The van der Waals surface area contributed by atoms with Crippen LogP contribution in [0.25, 0.3) is 0 Å². The lowest BCUT2D eigenvalue weighted by Crippen LogP contribution is -2.02. The normalized spacial score (nSPS) is 10.3. The summed E-state index contributed by atoms with van der Waals surface area (Å²) in [6.07, 6.45) is 0.799. The van der Waals surface area contributed by atoms with Crippen LogP contribution in [0.2, 0.25) is 5.02 Å². The number of carbonyl (C=O) groups is 1. The van der Waals surface area contributed by atoms with E-state index >= 15 is 0 Å². The van der Waals surface area contributed by atoms with Gasteiger partial charge in [0.15, 0.2) is 5.78 Å². The fourth-order valence-corrected chi connectivity index (χ4v) is 1.95. The maximum absolute atomic E-state index is 12.2. The number of ether oxygens (including phenoxy) is 1. The number of alkyl halides is 1. The minimum Gasteiger partial charge on any atom is -0.494 e. The molecule has 0 fully saturated rings. The van der Waals surface area contributed by atoms with Gasteiger partial charge in [-0.25, -0.2) is 0 Å². The predicted octanol–water partition coefficient (Wildman–Crippen LogP) is 4.58. The van der Waals surface area contributed by atoms with Crippen LogP contribution in [0.4, 0.5) is 0 Å². The average Bonchev–Trinajstić information content (AvgIpc) is 2.48. The van der Waals surface area contributed by atoms with E-state index in [1.807, 2.05) is 0 Å². The highest BCUT2D eigenvalue weighted by Gasteiger charge is 2.08. The summed E-state index contributed by atoms with van der Waals surface area (Å²) < 4.78 is 5.49. The molecule has 0 spiro atoms. The fraction of sp³-hybridized carbons (Fsp3) is 0.188. The molecule has 0 heterocycles. The predicted molar refractivity (Wildman–Crippen MR) is 82.2 cm³/mol. The molecular weight excluding hydrogens is 295 g/mol. The van der Waals surface area contributed by atoms with Crippen molar-refractivity contribution in [1.29, 1.82) is 0 Å². The molecule has 0 aliphatic carbocycles. The van der Waals surface area contributed by atoms with Crippen molar-refractivity contribution >= 4 is 29.0 Å². The van der Waals surface area contributed by atoms with Crippen molar-refractivity contribution in [2.24, 2.45) is 0 Å². The molecule has 2 aromatic rings. The van der Waals surface area contributed by atoms with Crippen LogP contribution in [0, 0.1) is 0 Å². The molecule has 0 unspecified atom stereocenters. The third-order valence-electron chi connectivity index (χ3n) is 2.77. The van der Waals surface area contributed by atoms with Gasteiger partial charge in [0, 0.05) is 22.0 Å². The number of ketones is 1. The first kappa shape index (κ1) is 14.9. The molecule has 0 saturated carbocycles. The minimum absolute atomic E-state index is 0.0334. The molecule has 0 bridgehead atoms. The van der Waals surface area contributed by atoms with Crippen molar-refractivity contribution < 1.29 is 9.53 Å². The Morgan fingerprint density at radius 2 is 1.50 bits per heavy atom. The highest BCUT2D eigenvalue weighted by molar-refractivity contribution is 6.30. The third-order valence-corrected chi connectivity index (χ3v) is 3.29. The summed E-state index contributed by atoms with van der Waals surface area (Å²) in [5.41, 5.74) is 1.24. The Hall–Kier alpha value is -1.51. The largest absolute Gasteiger partial charge is 0.494 e. The molecule has 4 heteroatoms. The quantitative estimate of drug-likeness (QED) is 0.443. The lowest BCUT2D eigenvalue weighted by molar-refractivity contribution is 0.103. The van der Waals surface area contributed by atoms with Crippen molar-refractivity contribution in [3.63, 3.8) is 0 Å². The Kier molecular flexibility index (Phi) is 5.45. The first-order chi connectivity index (χ1) is 9.70. The topological polar surface area (TPSA) is 26.3 Å². The van der Waals surface area contributed by atoms with E-state index in [-0.39, 0.29) is 5.78 Å². The summed E-state index contributed by atoms with van der Waals surface area (Å²) in [6, 6.07) is 13.9. The smallest absolute Gasteiger partial charge is 0.193 e. The maximum Gasteiger partial charge on any atom is 0.193 e. The number of halogens is 2. The van der Waals surface area contributed by atoms with Gasteiger partial charge in [0.2, 0.25) is 0 Å². The monoisotopic (exact) mass is 308 g/mol. The van der Waals surface area contributed by atoms with Gasteiger partial charge in [-0.1, -0.05) is 11.6 Å². The molecule has 0 saturated heterocycles. The lowest BCUT2D eigenvalue weighted by atomic mass is 10.0. The molecule has 0 amide bonds. The Bertz CT molecular complexity index is 562. The van der Waals surface area contributed by atoms with Gasteiger partial charge in [0.1, 0.15) is 5.75 Å². The van der Waals surface area contributed by atoms with Crippen LogP contribution in [0.1, 0.15) is 22.3 Å². The van der Waals surface area contributed by atoms with Crippen LogP contribution >= 0.6 is 23.2 Å². The van der Waals surface area contributed by atoms with Crippen molar-refractivity contribution in [2.45, 2.75) is 6.42 Å². The number of rotatable bonds is 6. The second-order valence-electron chi connectivity index (χ2n) is 4.25. The van der Waals surface area contributed by atoms with Gasteiger partial charge in [-0.3, -0.25) is 4.79 Å². The van der Waals surface area contributed by atoms with Gasteiger partial charge < -0.3 is 4.74 Å². The van der Waals surface area contributed by atoms with E-state index in [0.717, 1.165) is 12.2 Å². The molecule has 20 heavy (non-hydrogen) atoms. The zero-order chi connectivity index (χ0) is 14.4. The third kappa shape index (κ3) is 3.99. The first-order valence-corrected chi connectivity index (χ1v) is 7.21. The molecule has 0 aliphatic rings. The van der Waals surface area contributed by atoms with Crippen LogP contribution in [-0.2, 0) is 0 Å². The SMILES string of the molecule is O=C(c1ccc(Cl)cc1)c1ccc(OCCCCl)cc1. The van der Waals surface area contributed by atoms with Gasteiger partial charge in [-0.05, 0) is 55.0 Å². The van der Waals surface area contributed by atoms with Crippen LogP contribution in [0.3, 0.4) is 0 Å². The Morgan fingerprint density at radius 3 is 2.05 bits per heavy atom. The van der Waals surface area contributed by atoms with Gasteiger partial charge in [0.25, 0.3) is 0 Å². The standard InChI is InChI=1S/C16H14Cl2O2/c17-10-1-11-20-15-8-4-13(5-9-15)16(19)12-2-6-14(18)7-3-12/h2-9H,1,10-11H2. The van der Waals surface area contributed by atoms with E-state index in [4.69, 9.17) is 27.9 Å². The van der Waals surface area contributed by atoms with E-state index in [1.54, 1.807) is 48.5 Å². The number of carbonyl (C=O) groups excluding carboxylic acids is 1. The van der Waals surface area contributed by atoms with Crippen LogP contribution in [0.5, 0.6) is 5.75 Å². The van der Waals surface area contributed by atoms with Crippen LogP contribution < -0.4 is 4.74 Å². The van der Waals surface area contributed by atoms with E-state index in [1.165, 1.54) is 0 Å². The van der Waals surface area contributed by atoms with Crippen molar-refractivity contribution in [1.82, 2.24) is 0 Å². The summed E-state index contributed by atoms with van der Waals surface area (Å²) in [5.74, 6) is 1.28. The second kappa shape index (κ2) is 7.32. The zero-order valence-electron chi connectivity index (χ0n) is 10.8. The van der Waals surface area contributed by atoms with E-state index in [0.29, 0.717) is 28.6 Å². The second-order valence-corrected chi connectivity index (χ2v) is 5.07. The zero-order valence-corrected chi connectivity index (χ0v) is 12.3. The molecule has 2 rings (SSSR count). The molecule has 104 valence electrons. The first-order valence-electron chi connectivity index (χ1n) is 6.30. The van der Waals surface area contributed by atoms with E-state index in [2.05, 4.69) is 0 Å². The lowest BCUT2D eigenvalue weighted by Gasteiger charge is -2.06. The van der Waals surface area contributed by atoms with E-state index < -0.39 is 0 Å². The van der Waals surface area contributed by atoms with Crippen molar-refractivity contribution in [2.75, 3.05) is 12.5 Å². The van der Waals surface area contributed by atoms with Gasteiger partial charge in [-0.2, -0.15) is 0 Å². The summed E-state index contributed by atoms with van der Waals surface area (Å²) in [4.78, 5) is 12.2. The summed E-state index contributed by atoms with van der Waals surface area (Å²) in [5, 5.41) is 0.615. The average molecular weight is 309 g/mol. The van der Waals surface area contributed by atoms with Crippen molar-refractivity contribution in [3.05, 3.63) is 64.7 Å². The van der Waals surface area contributed by atoms with Gasteiger partial charge in [0.05, 0.1) is 6.61 Å². The molecular formula is C16H14Cl2O2. The van der Waals surface area contributed by atoms with Gasteiger partial charge >= 0.3 is 0 Å². The van der Waals surface area contributed by atoms with Gasteiger partial charge in [-0.15, -0.1) is 11.6 Å². The minimum atomic E-state index is -0.0334. The molecule has 2 aromatic carbocycles. The fourth-order valence-electron chi connectivity index (χ4n) is 1.72. The summed E-state index contributed by atoms with van der Waals surface area (Å²) >= 11 is 11.4. The Labute approximate surface area is 128 Å². The highest BCUT2D eigenvalue weighted by atomic mass is 35.5. The molecule has 2 nitrogen and oxygen atoms in total. The Balaban J connectivity index is 2.05. The summed E-state index contributed by atoms with van der Waals surface area (Å²) in [6.45, 7) is 0.577. The molecule has 0 aliphatic heterocycles. The molecule has 0 aromatic heterocycles. The molecule has 0 atom stereocenters. The van der Waals surface area contributed by atoms with Crippen LogP contribution in [-0.4, -0.2) is 18.3 Å². The Morgan fingerprint density at radius 1 is 0.950 bits per heavy atom. The number of hydrogen-bond acceptors (Lipinski definition) is 2. The molecule has 0 N–H and O–H groups in total. The van der Waals surface area contributed by atoms with Crippen LogP contribution in [0.15, 0.2) is 48.5 Å². The highest BCUT2D eigenvalue weighted by Crippen LogP contribution is 2.17. The van der Waals surface area contributed by atoms with Crippen molar-refractivity contribution in [3.8, 4) is 5.75 Å². The molecule has 0 radical (unpaired) electrons. The van der Waals surface area contributed by atoms with E-state index in [9.17, 15) is 4.79 Å². The maximum atomic E-state index is 12.2. The number of hydrogen-bond donors (Lipinski definition) is 0. The summed E-state index contributed by atoms with van der Waals surface area (Å²) in [7, 11) is 0. The number of benzene rings is 2.